The molecule has 4 rings (SSSR count). The molecule has 1 atom stereocenters. The second kappa shape index (κ2) is 5.45. The molecule has 2 fully saturated rings. The zero-order valence-corrected chi connectivity index (χ0v) is 12.8. The maximum Gasteiger partial charge on any atom is 0.262 e. The van der Waals surface area contributed by atoms with Crippen molar-refractivity contribution in [3.8, 4) is 0 Å². The number of aliphatic hydroxyl groups excluding tert-OH is 1. The molecule has 0 unspecified atom stereocenters. The smallest absolute Gasteiger partial charge is 0.262 e. The number of alkyl halides is 2. The lowest BCUT2D eigenvalue weighted by molar-refractivity contribution is -0.0124. The van der Waals surface area contributed by atoms with Gasteiger partial charge >= 0.3 is 0 Å². The summed E-state index contributed by atoms with van der Waals surface area (Å²) in [5, 5.41) is 13.4. The van der Waals surface area contributed by atoms with Crippen LogP contribution in [0.5, 0.6) is 0 Å². The average Bonchev–Trinajstić information content (AvgIpc) is 3.06. The molecule has 9 heteroatoms. The number of aromatic nitrogens is 3. The molecule has 2 saturated heterocycles. The minimum Gasteiger partial charge on any atom is -0.395 e. The van der Waals surface area contributed by atoms with E-state index in [0.29, 0.717) is 24.3 Å². The molecule has 7 nitrogen and oxygen atoms in total. The number of rotatable bonds is 3. The van der Waals surface area contributed by atoms with Gasteiger partial charge in [0, 0.05) is 44.0 Å². The summed E-state index contributed by atoms with van der Waals surface area (Å²) >= 11 is 0. The van der Waals surface area contributed by atoms with Crippen LogP contribution in [0.15, 0.2) is 24.7 Å². The summed E-state index contributed by atoms with van der Waals surface area (Å²) in [5.41, 5.74) is 0.881. The number of aliphatic hydroxyl groups is 1. The molecule has 128 valence electrons. The number of likely N-dealkylation sites (tertiary alicyclic amines) is 2. The van der Waals surface area contributed by atoms with E-state index in [9.17, 15) is 18.7 Å². The molecule has 0 radical (unpaired) electrons. The highest BCUT2D eigenvalue weighted by atomic mass is 19.3. The Bertz CT molecular complexity index is 774. The van der Waals surface area contributed by atoms with Gasteiger partial charge in [-0.1, -0.05) is 0 Å². The van der Waals surface area contributed by atoms with Crippen molar-refractivity contribution in [3.63, 3.8) is 0 Å². The van der Waals surface area contributed by atoms with Crippen molar-refractivity contribution in [2.75, 3.05) is 26.2 Å². The Morgan fingerprint density at radius 1 is 1.42 bits per heavy atom. The molecule has 1 amide bonds. The fourth-order valence-electron chi connectivity index (χ4n) is 3.50. The Hall–Kier alpha value is -2.13. The highest BCUT2D eigenvalue weighted by molar-refractivity contribution is 6.00. The molecule has 2 aliphatic rings. The lowest BCUT2D eigenvalue weighted by Gasteiger charge is -2.45. The second-order valence-electron chi connectivity index (χ2n) is 6.38. The first kappa shape index (κ1) is 15.4. The van der Waals surface area contributed by atoms with E-state index < -0.39 is 12.0 Å². The first-order valence-corrected chi connectivity index (χ1v) is 7.80. The fourth-order valence-corrected chi connectivity index (χ4v) is 3.50. The average molecular weight is 337 g/mol. The Morgan fingerprint density at radius 2 is 2.21 bits per heavy atom. The van der Waals surface area contributed by atoms with Gasteiger partial charge in [0.2, 0.25) is 0 Å². The zero-order chi connectivity index (χ0) is 16.9. The van der Waals surface area contributed by atoms with Crippen LogP contribution in [0.1, 0.15) is 16.8 Å². The van der Waals surface area contributed by atoms with E-state index in [4.69, 9.17) is 0 Å². The first-order valence-electron chi connectivity index (χ1n) is 7.80. The Labute approximate surface area is 136 Å². The Morgan fingerprint density at radius 3 is 2.96 bits per heavy atom. The van der Waals surface area contributed by atoms with E-state index in [-0.39, 0.29) is 31.5 Å². The third kappa shape index (κ3) is 2.44. The number of halogens is 2. The summed E-state index contributed by atoms with van der Waals surface area (Å²) < 4.78 is 28.6. The van der Waals surface area contributed by atoms with Gasteiger partial charge in [-0.2, -0.15) is 5.10 Å². The van der Waals surface area contributed by atoms with Crippen molar-refractivity contribution in [2.24, 2.45) is 0 Å². The summed E-state index contributed by atoms with van der Waals surface area (Å²) in [4.78, 5) is 19.9. The highest BCUT2D eigenvalue weighted by Crippen LogP contribution is 2.35. The quantitative estimate of drug-likeness (QED) is 0.869. The number of hydrogen-bond donors (Lipinski definition) is 1. The van der Waals surface area contributed by atoms with E-state index in [1.807, 2.05) is 0 Å². The molecule has 0 spiro atoms. The van der Waals surface area contributed by atoms with Crippen LogP contribution in [0.3, 0.4) is 0 Å². The van der Waals surface area contributed by atoms with Gasteiger partial charge in [0.1, 0.15) is 5.56 Å². The minimum absolute atomic E-state index is 0.144. The van der Waals surface area contributed by atoms with Crippen molar-refractivity contribution < 1.29 is 18.7 Å². The van der Waals surface area contributed by atoms with Crippen LogP contribution in [0.2, 0.25) is 0 Å². The van der Waals surface area contributed by atoms with Gasteiger partial charge in [-0.15, -0.1) is 0 Å². The van der Waals surface area contributed by atoms with Gasteiger partial charge in [-0.25, -0.2) is 18.3 Å². The molecule has 24 heavy (non-hydrogen) atoms. The van der Waals surface area contributed by atoms with Gasteiger partial charge < -0.3 is 10.0 Å². The Balaban J connectivity index is 1.45. The van der Waals surface area contributed by atoms with Crippen molar-refractivity contribution in [3.05, 3.63) is 30.2 Å². The lowest BCUT2D eigenvalue weighted by Crippen LogP contribution is -2.62. The molecule has 4 heterocycles. The van der Waals surface area contributed by atoms with Crippen LogP contribution < -0.4 is 0 Å². The van der Waals surface area contributed by atoms with E-state index >= 15 is 0 Å². The van der Waals surface area contributed by atoms with Crippen LogP contribution >= 0.6 is 0 Å². The number of carbonyl (C=O) groups excluding carboxylic acids is 1. The molecular weight excluding hydrogens is 320 g/mol. The van der Waals surface area contributed by atoms with E-state index in [1.165, 1.54) is 10.7 Å². The van der Waals surface area contributed by atoms with Crippen molar-refractivity contribution in [1.29, 1.82) is 0 Å². The first-order chi connectivity index (χ1) is 11.5. The summed E-state index contributed by atoms with van der Waals surface area (Å²) in [6.45, 7) is 0.0897. The topological polar surface area (TPSA) is 74.0 Å². The molecule has 0 aromatic carbocycles. The van der Waals surface area contributed by atoms with Gasteiger partial charge in [0.05, 0.1) is 19.3 Å². The van der Waals surface area contributed by atoms with Crippen LogP contribution in [0, 0.1) is 0 Å². The van der Waals surface area contributed by atoms with Crippen molar-refractivity contribution in [2.45, 2.75) is 24.4 Å². The van der Waals surface area contributed by atoms with E-state index in [2.05, 4.69) is 10.1 Å². The monoisotopic (exact) mass is 337 g/mol. The molecule has 1 N–H and O–H groups in total. The Kier molecular flexibility index (Phi) is 3.50. The van der Waals surface area contributed by atoms with Gasteiger partial charge in [-0.05, 0) is 6.07 Å². The van der Waals surface area contributed by atoms with E-state index in [0.717, 1.165) is 0 Å². The van der Waals surface area contributed by atoms with Crippen LogP contribution in [-0.2, 0) is 0 Å². The largest absolute Gasteiger partial charge is 0.395 e. The van der Waals surface area contributed by atoms with E-state index in [1.54, 1.807) is 28.3 Å². The number of carbonyl (C=O) groups is 1. The van der Waals surface area contributed by atoms with Crippen LogP contribution in [0.25, 0.3) is 5.65 Å². The number of nitrogens with zero attached hydrogens (tertiary/aromatic N) is 5. The summed E-state index contributed by atoms with van der Waals surface area (Å²) in [6.07, 6.45) is 4.44. The number of amides is 1. The third-order valence-corrected chi connectivity index (χ3v) is 4.76. The highest BCUT2D eigenvalue weighted by Gasteiger charge is 2.50. The molecule has 0 saturated carbocycles. The predicted molar refractivity (Wildman–Crippen MR) is 79.8 cm³/mol. The maximum atomic E-state index is 13.6. The lowest BCUT2D eigenvalue weighted by atomic mass is 10.0. The third-order valence-electron chi connectivity index (χ3n) is 4.76. The molecule has 2 aliphatic heterocycles. The zero-order valence-electron chi connectivity index (χ0n) is 12.8. The van der Waals surface area contributed by atoms with Crippen LogP contribution in [-0.4, -0.2) is 79.7 Å². The summed E-state index contributed by atoms with van der Waals surface area (Å²) in [6, 6.07) is 1.03. The molecule has 0 bridgehead atoms. The summed E-state index contributed by atoms with van der Waals surface area (Å²) in [7, 11) is 0. The van der Waals surface area contributed by atoms with Gasteiger partial charge in [0.25, 0.3) is 11.8 Å². The number of hydrogen-bond acceptors (Lipinski definition) is 5. The normalized spacial score (nSPS) is 24.5. The van der Waals surface area contributed by atoms with Gasteiger partial charge in [-0.3, -0.25) is 9.69 Å². The minimum atomic E-state index is -2.77. The second-order valence-corrected chi connectivity index (χ2v) is 6.38. The van der Waals surface area contributed by atoms with Gasteiger partial charge in [0.15, 0.2) is 5.65 Å². The molecule has 2 aromatic rings. The summed E-state index contributed by atoms with van der Waals surface area (Å²) in [5.74, 6) is -2.98. The van der Waals surface area contributed by atoms with Crippen LogP contribution in [0.4, 0.5) is 8.78 Å². The fraction of sp³-hybridized carbons (Fsp3) is 0.533. The molecule has 2 aromatic heterocycles. The molecule has 0 aliphatic carbocycles. The van der Waals surface area contributed by atoms with Crippen molar-refractivity contribution in [1.82, 2.24) is 24.4 Å². The number of fused-ring (bicyclic) bond motifs is 1. The standard InChI is InChI=1S/C15H17F2N5O2/c16-15(17)4-10(8-23)21(9-15)11-6-20(7-11)14(24)12-5-19-22-3-1-2-18-13(12)22/h1-3,5,10-11,23H,4,6-9H2/t10-/m0/s1. The van der Waals surface area contributed by atoms with Crippen molar-refractivity contribution >= 4 is 11.6 Å². The SMILES string of the molecule is O=C(c1cnn2cccnc12)N1CC(N2CC(F)(F)C[C@H]2CO)C1. The maximum absolute atomic E-state index is 13.6. The predicted octanol–water partition coefficient (Wildman–Crippen LogP) is 0.256. The molecular formula is C15H17F2N5O2.